The van der Waals surface area contributed by atoms with Crippen molar-refractivity contribution in [1.29, 1.82) is 0 Å². The van der Waals surface area contributed by atoms with Crippen molar-refractivity contribution in [3.05, 3.63) is 64.7 Å². The van der Waals surface area contributed by atoms with Crippen LogP contribution in [0.4, 0.5) is 5.69 Å². The third kappa shape index (κ3) is 3.01. The SMILES string of the molecule is CN1C(=S)N(C)C(NS(C)(=O)=O)(c2ccccc2)c2cc(Cl)ccc21. The zero-order chi connectivity index (χ0) is 18.4. The number of nitrogens with zero attached hydrogens (tertiary/aromatic N) is 2. The highest BCUT2D eigenvalue weighted by Crippen LogP contribution is 2.44. The molecule has 1 aliphatic rings. The number of anilines is 1. The molecule has 25 heavy (non-hydrogen) atoms. The molecule has 0 bridgehead atoms. The molecule has 2 aromatic carbocycles. The molecule has 0 aliphatic carbocycles. The number of benzene rings is 2. The lowest BCUT2D eigenvalue weighted by Gasteiger charge is -2.50. The number of nitrogens with one attached hydrogen (secondary N) is 1. The summed E-state index contributed by atoms with van der Waals surface area (Å²) in [5.74, 6) is 0. The van der Waals surface area contributed by atoms with E-state index in [1.54, 1.807) is 24.1 Å². The van der Waals surface area contributed by atoms with Crippen LogP contribution in [0.25, 0.3) is 0 Å². The summed E-state index contributed by atoms with van der Waals surface area (Å²) < 4.78 is 27.4. The third-order valence-corrected chi connectivity index (χ3v) is 5.76. The van der Waals surface area contributed by atoms with Gasteiger partial charge in [-0.25, -0.2) is 8.42 Å². The molecule has 0 amide bonds. The summed E-state index contributed by atoms with van der Waals surface area (Å²) in [6, 6.07) is 14.7. The Labute approximate surface area is 158 Å². The highest BCUT2D eigenvalue weighted by Gasteiger charge is 2.48. The van der Waals surface area contributed by atoms with Crippen LogP contribution in [0.2, 0.25) is 5.02 Å². The Morgan fingerprint density at radius 1 is 1.12 bits per heavy atom. The van der Waals surface area contributed by atoms with Crippen LogP contribution >= 0.6 is 23.8 Å². The Balaban J connectivity index is 2.42. The van der Waals surface area contributed by atoms with Crippen molar-refractivity contribution >= 4 is 44.6 Å². The number of thiocarbonyl (C=S) groups is 1. The van der Waals surface area contributed by atoms with E-state index in [1.807, 2.05) is 48.3 Å². The Hall–Kier alpha value is -1.67. The molecule has 0 saturated heterocycles. The van der Waals surface area contributed by atoms with Crippen molar-refractivity contribution in [3.8, 4) is 0 Å². The van der Waals surface area contributed by atoms with E-state index in [0.717, 1.165) is 23.1 Å². The average Bonchev–Trinajstić information content (AvgIpc) is 2.56. The molecule has 132 valence electrons. The lowest BCUT2D eigenvalue weighted by Crippen LogP contribution is -2.64. The summed E-state index contributed by atoms with van der Waals surface area (Å²) in [7, 11) is 0.0472. The summed E-state index contributed by atoms with van der Waals surface area (Å²) in [5, 5.41) is 1.01. The van der Waals surface area contributed by atoms with Gasteiger partial charge in [-0.05, 0) is 36.0 Å². The van der Waals surface area contributed by atoms with Gasteiger partial charge in [-0.1, -0.05) is 41.9 Å². The first-order valence-corrected chi connectivity index (χ1v) is 10.2. The zero-order valence-corrected chi connectivity index (χ0v) is 16.4. The second-order valence-electron chi connectivity index (χ2n) is 6.01. The van der Waals surface area contributed by atoms with E-state index < -0.39 is 15.7 Å². The molecule has 0 spiro atoms. The molecular weight excluding hydrogens is 378 g/mol. The second-order valence-corrected chi connectivity index (χ2v) is 8.56. The number of rotatable bonds is 3. The average molecular weight is 396 g/mol. The predicted molar refractivity (Wildman–Crippen MR) is 105 cm³/mol. The number of sulfonamides is 1. The first kappa shape index (κ1) is 18.1. The number of halogens is 1. The molecule has 1 aliphatic heterocycles. The highest BCUT2D eigenvalue weighted by atomic mass is 35.5. The van der Waals surface area contributed by atoms with Gasteiger partial charge in [-0.3, -0.25) is 0 Å². The Kier molecular flexibility index (Phi) is 4.53. The van der Waals surface area contributed by atoms with E-state index in [1.165, 1.54) is 0 Å². The topological polar surface area (TPSA) is 52.6 Å². The maximum absolute atomic E-state index is 12.3. The number of fused-ring (bicyclic) bond motifs is 1. The molecule has 0 fully saturated rings. The molecule has 8 heteroatoms. The van der Waals surface area contributed by atoms with Crippen LogP contribution < -0.4 is 9.62 Å². The third-order valence-electron chi connectivity index (χ3n) is 4.31. The van der Waals surface area contributed by atoms with Crippen LogP contribution in [0.15, 0.2) is 48.5 Å². The van der Waals surface area contributed by atoms with Gasteiger partial charge in [0.05, 0.1) is 11.9 Å². The van der Waals surface area contributed by atoms with Crippen LogP contribution in [0, 0.1) is 0 Å². The van der Waals surface area contributed by atoms with Crippen molar-refractivity contribution < 1.29 is 8.42 Å². The molecule has 2 aromatic rings. The van der Waals surface area contributed by atoms with Crippen molar-refractivity contribution in [3.63, 3.8) is 0 Å². The fourth-order valence-corrected chi connectivity index (χ4v) is 4.53. The molecule has 0 radical (unpaired) electrons. The first-order valence-electron chi connectivity index (χ1n) is 7.53. The molecule has 1 atom stereocenters. The van der Waals surface area contributed by atoms with Crippen molar-refractivity contribution in [2.24, 2.45) is 0 Å². The van der Waals surface area contributed by atoms with Gasteiger partial charge in [0.25, 0.3) is 0 Å². The Morgan fingerprint density at radius 2 is 1.76 bits per heavy atom. The largest absolute Gasteiger partial charge is 0.325 e. The highest BCUT2D eigenvalue weighted by molar-refractivity contribution is 7.88. The van der Waals surface area contributed by atoms with Crippen LogP contribution in [-0.4, -0.2) is 38.8 Å². The summed E-state index contributed by atoms with van der Waals surface area (Å²) in [4.78, 5) is 3.59. The van der Waals surface area contributed by atoms with Gasteiger partial charge in [0, 0.05) is 24.7 Å². The number of hydrogen-bond acceptors (Lipinski definition) is 3. The van der Waals surface area contributed by atoms with Crippen molar-refractivity contribution in [1.82, 2.24) is 9.62 Å². The standard InChI is InChI=1S/C17H18ClN3O2S2/c1-20-15-10-9-13(18)11-14(15)17(19-25(3,22)23,21(2)16(20)24)12-7-5-4-6-8-12/h4-11,19H,1-3H3. The molecular formula is C17H18ClN3O2S2. The molecule has 1 N–H and O–H groups in total. The number of hydrogen-bond donors (Lipinski definition) is 1. The Bertz CT molecular complexity index is 934. The molecule has 0 aromatic heterocycles. The van der Waals surface area contributed by atoms with Crippen LogP contribution in [0.1, 0.15) is 11.1 Å². The van der Waals surface area contributed by atoms with Crippen LogP contribution in [-0.2, 0) is 15.7 Å². The summed E-state index contributed by atoms with van der Waals surface area (Å²) in [6.07, 6.45) is 1.14. The van der Waals surface area contributed by atoms with Crippen LogP contribution in [0.5, 0.6) is 0 Å². The van der Waals surface area contributed by atoms with Gasteiger partial charge < -0.3 is 9.80 Å². The lowest BCUT2D eigenvalue weighted by molar-refractivity contribution is 0.236. The van der Waals surface area contributed by atoms with Gasteiger partial charge in [-0.2, -0.15) is 4.72 Å². The van der Waals surface area contributed by atoms with E-state index in [-0.39, 0.29) is 0 Å². The molecule has 5 nitrogen and oxygen atoms in total. The maximum atomic E-state index is 12.3. The van der Waals surface area contributed by atoms with Gasteiger partial charge in [-0.15, -0.1) is 0 Å². The lowest BCUT2D eigenvalue weighted by atomic mass is 9.87. The maximum Gasteiger partial charge on any atom is 0.211 e. The van der Waals surface area contributed by atoms with E-state index >= 15 is 0 Å². The summed E-state index contributed by atoms with van der Waals surface area (Å²) >= 11 is 11.8. The molecule has 0 saturated carbocycles. The first-order chi connectivity index (χ1) is 11.7. The van der Waals surface area contributed by atoms with Gasteiger partial charge in [0.15, 0.2) is 10.8 Å². The monoisotopic (exact) mass is 395 g/mol. The van der Waals surface area contributed by atoms with Gasteiger partial charge in [0.1, 0.15) is 0 Å². The normalized spacial score (nSPS) is 20.6. The van der Waals surface area contributed by atoms with Crippen molar-refractivity contribution in [2.45, 2.75) is 5.66 Å². The summed E-state index contributed by atoms with van der Waals surface area (Å²) in [6.45, 7) is 0. The van der Waals surface area contributed by atoms with Gasteiger partial charge >= 0.3 is 0 Å². The van der Waals surface area contributed by atoms with E-state index in [9.17, 15) is 8.42 Å². The molecule has 3 rings (SSSR count). The minimum atomic E-state index is -3.57. The second kappa shape index (κ2) is 6.25. The quantitative estimate of drug-likeness (QED) is 0.810. The fraction of sp³-hybridized carbons (Fsp3) is 0.235. The summed E-state index contributed by atoms with van der Waals surface area (Å²) in [5.41, 5.74) is 1.09. The van der Waals surface area contributed by atoms with E-state index in [4.69, 9.17) is 23.8 Å². The van der Waals surface area contributed by atoms with E-state index in [2.05, 4.69) is 4.72 Å². The minimum Gasteiger partial charge on any atom is -0.325 e. The fourth-order valence-electron chi connectivity index (χ4n) is 3.22. The smallest absolute Gasteiger partial charge is 0.211 e. The van der Waals surface area contributed by atoms with Crippen LogP contribution in [0.3, 0.4) is 0 Å². The zero-order valence-electron chi connectivity index (χ0n) is 14.0. The predicted octanol–water partition coefficient (Wildman–Crippen LogP) is 2.76. The minimum absolute atomic E-state index is 0.495. The van der Waals surface area contributed by atoms with Crippen molar-refractivity contribution in [2.75, 3.05) is 25.3 Å². The molecule has 1 unspecified atom stereocenters. The molecule has 1 heterocycles. The van der Waals surface area contributed by atoms with E-state index in [0.29, 0.717) is 10.1 Å². The Morgan fingerprint density at radius 3 is 2.36 bits per heavy atom. The van der Waals surface area contributed by atoms with Gasteiger partial charge in [0.2, 0.25) is 10.0 Å².